The van der Waals surface area contributed by atoms with Gasteiger partial charge in [-0.1, -0.05) is 84.0 Å². The number of nitrogens with one attached hydrogen (secondary N) is 1. The number of benzene rings is 3. The third kappa shape index (κ3) is 5.67. The van der Waals surface area contributed by atoms with Gasteiger partial charge in [0.05, 0.1) is 11.4 Å². The summed E-state index contributed by atoms with van der Waals surface area (Å²) in [5.41, 5.74) is 3.93. The van der Waals surface area contributed by atoms with Crippen LogP contribution in [-0.4, -0.2) is 31.4 Å². The van der Waals surface area contributed by atoms with Gasteiger partial charge < -0.3 is 5.32 Å². The lowest BCUT2D eigenvalue weighted by atomic mass is 10.1. The van der Waals surface area contributed by atoms with Crippen molar-refractivity contribution < 1.29 is 4.79 Å². The zero-order chi connectivity index (χ0) is 24.9. The van der Waals surface area contributed by atoms with Crippen LogP contribution in [0.5, 0.6) is 0 Å². The summed E-state index contributed by atoms with van der Waals surface area (Å²) in [5.74, 6) is 0.814. The number of thiazole rings is 1. The van der Waals surface area contributed by atoms with E-state index in [1.807, 2.05) is 84.3 Å². The largest absolute Gasteiger partial charge is 0.301 e. The highest BCUT2D eigenvalue weighted by atomic mass is 35.5. The molecule has 0 radical (unpaired) electrons. The van der Waals surface area contributed by atoms with E-state index in [4.69, 9.17) is 11.6 Å². The van der Waals surface area contributed by atoms with E-state index in [-0.39, 0.29) is 11.7 Å². The molecule has 0 spiro atoms. The number of thioether (sulfide) groups is 1. The van der Waals surface area contributed by atoms with E-state index in [1.165, 1.54) is 23.1 Å². The first kappa shape index (κ1) is 24.2. The summed E-state index contributed by atoms with van der Waals surface area (Å²) in [6.07, 6.45) is 0.615. The van der Waals surface area contributed by atoms with Gasteiger partial charge in [0.2, 0.25) is 5.91 Å². The summed E-state index contributed by atoms with van der Waals surface area (Å²) in [7, 11) is 0. The quantitative estimate of drug-likeness (QED) is 0.226. The Morgan fingerprint density at radius 3 is 2.39 bits per heavy atom. The Kier molecular flexibility index (Phi) is 7.46. The van der Waals surface area contributed by atoms with Gasteiger partial charge >= 0.3 is 0 Å². The summed E-state index contributed by atoms with van der Waals surface area (Å²) in [4.78, 5) is 18.5. The molecule has 0 bridgehead atoms. The lowest BCUT2D eigenvalue weighted by Gasteiger charge is -2.10. The molecule has 0 aliphatic heterocycles. The first-order valence-corrected chi connectivity index (χ1v) is 13.4. The van der Waals surface area contributed by atoms with Crippen LogP contribution in [0.15, 0.2) is 90.1 Å². The smallest absolute Gasteiger partial charge is 0.236 e. The van der Waals surface area contributed by atoms with Crippen molar-refractivity contribution in [2.75, 3.05) is 11.1 Å². The van der Waals surface area contributed by atoms with Crippen molar-refractivity contribution in [2.24, 2.45) is 0 Å². The van der Waals surface area contributed by atoms with Crippen LogP contribution in [0.2, 0.25) is 5.02 Å². The molecule has 2 aromatic heterocycles. The van der Waals surface area contributed by atoms with E-state index in [9.17, 15) is 4.79 Å². The second kappa shape index (κ2) is 11.1. The van der Waals surface area contributed by atoms with Gasteiger partial charge in [0.25, 0.3) is 0 Å². The molecule has 36 heavy (non-hydrogen) atoms. The SMILES string of the molecule is Cc1sc(NC(=O)CSc2nnc(Cc3ccccc3)n2-c2ccc(Cl)cc2)nc1-c1ccccc1. The minimum atomic E-state index is -0.149. The van der Waals surface area contributed by atoms with E-state index >= 15 is 0 Å². The molecule has 0 unspecified atom stereocenters. The van der Waals surface area contributed by atoms with E-state index < -0.39 is 0 Å². The average molecular weight is 532 g/mol. The van der Waals surface area contributed by atoms with Gasteiger partial charge in [0, 0.05) is 27.6 Å². The Bertz CT molecular complexity index is 1470. The molecule has 0 fully saturated rings. The first-order chi connectivity index (χ1) is 17.6. The summed E-state index contributed by atoms with van der Waals surface area (Å²) in [6, 6.07) is 27.6. The zero-order valence-corrected chi connectivity index (χ0v) is 21.8. The van der Waals surface area contributed by atoms with Crippen LogP contribution in [0.25, 0.3) is 16.9 Å². The fourth-order valence-corrected chi connectivity index (χ4v) is 5.48. The minimum absolute atomic E-state index is 0.149. The van der Waals surface area contributed by atoms with Crippen molar-refractivity contribution in [1.82, 2.24) is 19.7 Å². The summed E-state index contributed by atoms with van der Waals surface area (Å²) in [5, 5.41) is 13.6. The lowest BCUT2D eigenvalue weighted by Crippen LogP contribution is -2.14. The number of amides is 1. The second-order valence-electron chi connectivity index (χ2n) is 8.00. The normalized spacial score (nSPS) is 10.9. The number of carbonyl (C=O) groups excluding carboxylic acids is 1. The Balaban J connectivity index is 1.32. The van der Waals surface area contributed by atoms with Gasteiger partial charge in [-0.3, -0.25) is 9.36 Å². The third-order valence-corrected chi connectivity index (χ3v) is 7.48. The molecule has 0 atom stereocenters. The number of hydrogen-bond donors (Lipinski definition) is 1. The molecule has 0 aliphatic rings. The van der Waals surface area contributed by atoms with Crippen molar-refractivity contribution in [3.8, 4) is 16.9 Å². The molecule has 0 aliphatic carbocycles. The molecule has 1 amide bonds. The van der Waals surface area contributed by atoms with Gasteiger partial charge in [0.1, 0.15) is 5.82 Å². The van der Waals surface area contributed by atoms with Crippen molar-refractivity contribution >= 4 is 45.7 Å². The molecule has 9 heteroatoms. The molecule has 1 N–H and O–H groups in total. The Labute approximate surface area is 222 Å². The van der Waals surface area contributed by atoms with Gasteiger partial charge in [-0.2, -0.15) is 0 Å². The second-order valence-corrected chi connectivity index (χ2v) is 10.6. The number of carbonyl (C=O) groups is 1. The van der Waals surface area contributed by atoms with E-state index in [2.05, 4.69) is 32.6 Å². The fourth-order valence-electron chi connectivity index (χ4n) is 3.74. The van der Waals surface area contributed by atoms with Crippen LogP contribution >= 0.6 is 34.7 Å². The number of rotatable bonds is 8. The highest BCUT2D eigenvalue weighted by Crippen LogP contribution is 2.31. The topological polar surface area (TPSA) is 72.7 Å². The van der Waals surface area contributed by atoms with Crippen LogP contribution in [0.1, 0.15) is 16.3 Å². The van der Waals surface area contributed by atoms with Crippen molar-refractivity contribution in [1.29, 1.82) is 0 Å². The van der Waals surface area contributed by atoms with Crippen molar-refractivity contribution in [2.45, 2.75) is 18.5 Å². The fraction of sp³-hybridized carbons (Fsp3) is 0.111. The highest BCUT2D eigenvalue weighted by molar-refractivity contribution is 7.99. The van der Waals surface area contributed by atoms with E-state index in [0.29, 0.717) is 21.7 Å². The van der Waals surface area contributed by atoms with Crippen LogP contribution in [-0.2, 0) is 11.2 Å². The lowest BCUT2D eigenvalue weighted by molar-refractivity contribution is -0.113. The summed E-state index contributed by atoms with van der Waals surface area (Å²) >= 11 is 8.91. The average Bonchev–Trinajstić information content (AvgIpc) is 3.47. The molecule has 2 heterocycles. The molecular formula is C27H22ClN5OS2. The number of hydrogen-bond acceptors (Lipinski definition) is 6. The maximum Gasteiger partial charge on any atom is 0.236 e. The van der Waals surface area contributed by atoms with Crippen LogP contribution < -0.4 is 5.32 Å². The monoisotopic (exact) mass is 531 g/mol. The Hall–Kier alpha value is -3.46. The van der Waals surface area contributed by atoms with Gasteiger partial charge in [-0.25, -0.2) is 4.98 Å². The number of halogens is 1. The number of aromatic nitrogens is 4. The maximum absolute atomic E-state index is 12.8. The molecule has 6 nitrogen and oxygen atoms in total. The van der Waals surface area contributed by atoms with Crippen LogP contribution in [0.3, 0.4) is 0 Å². The molecule has 3 aromatic carbocycles. The molecule has 180 valence electrons. The predicted octanol–water partition coefficient (Wildman–Crippen LogP) is 6.67. The number of anilines is 1. The number of nitrogens with zero attached hydrogens (tertiary/aromatic N) is 4. The molecule has 0 saturated heterocycles. The first-order valence-electron chi connectivity index (χ1n) is 11.3. The van der Waals surface area contributed by atoms with Crippen LogP contribution in [0, 0.1) is 6.92 Å². The zero-order valence-electron chi connectivity index (χ0n) is 19.4. The van der Waals surface area contributed by atoms with E-state index in [1.54, 1.807) is 0 Å². The van der Waals surface area contributed by atoms with Gasteiger partial charge in [0.15, 0.2) is 10.3 Å². The molecular weight excluding hydrogens is 510 g/mol. The Morgan fingerprint density at radius 2 is 1.67 bits per heavy atom. The van der Waals surface area contributed by atoms with Crippen molar-refractivity contribution in [3.63, 3.8) is 0 Å². The van der Waals surface area contributed by atoms with Gasteiger partial charge in [-0.15, -0.1) is 21.5 Å². The number of aryl methyl sites for hydroxylation is 1. The highest BCUT2D eigenvalue weighted by Gasteiger charge is 2.18. The van der Waals surface area contributed by atoms with Crippen molar-refractivity contribution in [3.05, 3.63) is 106 Å². The standard InChI is InChI=1S/C27H22ClN5OS2/c1-18-25(20-10-6-3-7-11-20)30-26(36-18)29-24(34)17-35-27-32-31-23(16-19-8-4-2-5-9-19)33(27)22-14-12-21(28)13-15-22/h2-15H,16-17H2,1H3,(H,29,30,34). The minimum Gasteiger partial charge on any atom is -0.301 e. The van der Waals surface area contributed by atoms with Gasteiger partial charge in [-0.05, 0) is 36.8 Å². The molecule has 5 aromatic rings. The Morgan fingerprint density at radius 1 is 0.972 bits per heavy atom. The van der Waals surface area contributed by atoms with Crippen LogP contribution in [0.4, 0.5) is 5.13 Å². The van der Waals surface area contributed by atoms with E-state index in [0.717, 1.165) is 33.2 Å². The maximum atomic E-state index is 12.8. The third-order valence-electron chi connectivity index (χ3n) is 5.41. The summed E-state index contributed by atoms with van der Waals surface area (Å²) in [6.45, 7) is 2.01. The molecule has 5 rings (SSSR count). The molecule has 0 saturated carbocycles. The summed E-state index contributed by atoms with van der Waals surface area (Å²) < 4.78 is 1.97. The predicted molar refractivity (Wildman–Crippen MR) is 147 cm³/mol.